The summed E-state index contributed by atoms with van der Waals surface area (Å²) in [6, 6.07) is 0. The molecule has 0 amide bonds. The van der Waals surface area contributed by atoms with E-state index in [4.69, 9.17) is 18.9 Å². The minimum atomic E-state index is -4.61. The number of allylic oxidation sites excluding steroid dienone is 10. The summed E-state index contributed by atoms with van der Waals surface area (Å²) in [5, 5.41) is 30.9. The lowest BCUT2D eigenvalue weighted by Crippen LogP contribution is -2.60. The summed E-state index contributed by atoms with van der Waals surface area (Å²) in [4.78, 5) is 25.4. The van der Waals surface area contributed by atoms with Crippen molar-refractivity contribution in [2.24, 2.45) is 0 Å². The Morgan fingerprint density at radius 2 is 1.05 bits per heavy atom. The highest BCUT2D eigenvalue weighted by Gasteiger charge is 2.46. The molecule has 1 saturated heterocycles. The molecular weight excluding hydrogens is 789 g/mol. The average molecular weight is 869 g/mol. The molecule has 1 aliphatic rings. The van der Waals surface area contributed by atoms with E-state index < -0.39 is 71.2 Å². The fourth-order valence-corrected chi connectivity index (χ4v) is 7.23. The maximum atomic E-state index is 12.8. The first-order valence-electron chi connectivity index (χ1n) is 22.8. The van der Waals surface area contributed by atoms with Gasteiger partial charge in [-0.25, -0.2) is 0 Å². The zero-order valence-electron chi connectivity index (χ0n) is 36.8. The molecule has 1 rings (SSSR count). The topological polar surface area (TPSA) is 186 Å². The lowest BCUT2D eigenvalue weighted by Gasteiger charge is -2.40. The molecule has 1 heterocycles. The number of aliphatic hydroxyl groups is 3. The Labute approximate surface area is 362 Å². The van der Waals surface area contributed by atoms with Gasteiger partial charge in [-0.2, -0.15) is 8.42 Å². The highest BCUT2D eigenvalue weighted by molar-refractivity contribution is 7.85. The molecule has 1 fully saturated rings. The molecule has 0 aromatic heterocycles. The monoisotopic (exact) mass is 869 g/mol. The van der Waals surface area contributed by atoms with E-state index in [1.807, 2.05) is 0 Å². The molecule has 4 N–H and O–H groups in total. The van der Waals surface area contributed by atoms with Crippen LogP contribution in [0.25, 0.3) is 0 Å². The van der Waals surface area contributed by atoms with Crippen molar-refractivity contribution >= 4 is 22.1 Å². The number of hydrogen-bond donors (Lipinski definition) is 4. The molecule has 60 heavy (non-hydrogen) atoms. The van der Waals surface area contributed by atoms with Crippen LogP contribution >= 0.6 is 0 Å². The summed E-state index contributed by atoms with van der Waals surface area (Å²) in [6.45, 7) is 3.61. The van der Waals surface area contributed by atoms with Crippen LogP contribution < -0.4 is 0 Å². The van der Waals surface area contributed by atoms with Gasteiger partial charge in [0.1, 0.15) is 36.8 Å². The van der Waals surface area contributed by atoms with E-state index in [2.05, 4.69) is 74.6 Å². The summed E-state index contributed by atoms with van der Waals surface area (Å²) in [5.41, 5.74) is 0. The van der Waals surface area contributed by atoms with E-state index >= 15 is 0 Å². The fourth-order valence-electron chi connectivity index (χ4n) is 6.54. The van der Waals surface area contributed by atoms with Gasteiger partial charge in [-0.3, -0.25) is 14.1 Å². The normalized spacial score (nSPS) is 20.7. The van der Waals surface area contributed by atoms with Crippen LogP contribution in [-0.4, -0.2) is 96.0 Å². The predicted molar refractivity (Wildman–Crippen MR) is 238 cm³/mol. The maximum Gasteiger partial charge on any atom is 0.306 e. The average Bonchev–Trinajstić information content (AvgIpc) is 3.21. The summed E-state index contributed by atoms with van der Waals surface area (Å²) in [6.07, 6.45) is 35.5. The third kappa shape index (κ3) is 31.2. The molecule has 0 aliphatic carbocycles. The molecule has 0 bridgehead atoms. The van der Waals surface area contributed by atoms with Crippen molar-refractivity contribution in [3.8, 4) is 0 Å². The van der Waals surface area contributed by atoms with Crippen LogP contribution in [0, 0.1) is 0 Å². The van der Waals surface area contributed by atoms with Gasteiger partial charge in [0.25, 0.3) is 10.1 Å². The summed E-state index contributed by atoms with van der Waals surface area (Å²) in [7, 11) is -4.61. The zero-order valence-corrected chi connectivity index (χ0v) is 37.6. The van der Waals surface area contributed by atoms with Gasteiger partial charge < -0.3 is 34.3 Å². The largest absolute Gasteiger partial charge is 0.462 e. The Morgan fingerprint density at radius 3 is 1.58 bits per heavy atom. The van der Waals surface area contributed by atoms with Gasteiger partial charge in [0.2, 0.25) is 0 Å². The zero-order chi connectivity index (χ0) is 44.1. The SMILES string of the molecule is CC/C=C\C/C=C\C/C=C\C/C=C\CCCCCCC(=O)OC(COC(=O)CCCCCCC/C=C\CCCCCCCC)COC1OC(CS(=O)(=O)O)C(O)C(O)C1O. The number of carbonyl (C=O) groups excluding carboxylic acids is 2. The molecule has 6 unspecified atom stereocenters. The van der Waals surface area contributed by atoms with Gasteiger partial charge in [-0.15, -0.1) is 0 Å². The second kappa shape index (κ2) is 37.0. The van der Waals surface area contributed by atoms with E-state index in [1.165, 1.54) is 38.5 Å². The van der Waals surface area contributed by atoms with Gasteiger partial charge in [0, 0.05) is 12.8 Å². The first-order chi connectivity index (χ1) is 29.0. The van der Waals surface area contributed by atoms with E-state index in [-0.39, 0.29) is 19.4 Å². The minimum absolute atomic E-state index is 0.132. The Bertz CT molecular complexity index is 1340. The number of ether oxygens (including phenoxy) is 4. The highest BCUT2D eigenvalue weighted by Crippen LogP contribution is 2.24. The van der Waals surface area contributed by atoms with Crippen LogP contribution in [0.5, 0.6) is 0 Å². The van der Waals surface area contributed by atoms with Crippen molar-refractivity contribution in [3.05, 3.63) is 60.8 Å². The van der Waals surface area contributed by atoms with Gasteiger partial charge >= 0.3 is 11.9 Å². The predicted octanol–water partition coefficient (Wildman–Crippen LogP) is 9.34. The molecule has 0 spiro atoms. The van der Waals surface area contributed by atoms with E-state index in [1.54, 1.807) is 0 Å². The quantitative estimate of drug-likeness (QED) is 0.0201. The number of rotatable bonds is 37. The molecule has 6 atom stereocenters. The Hall–Kier alpha value is -2.65. The Kier molecular flexibility index (Phi) is 34.1. The molecule has 0 aromatic carbocycles. The van der Waals surface area contributed by atoms with Gasteiger partial charge in [-0.1, -0.05) is 139 Å². The first-order valence-corrected chi connectivity index (χ1v) is 24.5. The first kappa shape index (κ1) is 55.4. The molecule has 12 nitrogen and oxygen atoms in total. The second-order valence-electron chi connectivity index (χ2n) is 15.7. The number of aliphatic hydroxyl groups excluding tert-OH is 3. The lowest BCUT2D eigenvalue weighted by molar-refractivity contribution is -0.297. The molecule has 0 aromatic rings. The summed E-state index contributed by atoms with van der Waals surface area (Å²) < 4.78 is 54.0. The summed E-state index contributed by atoms with van der Waals surface area (Å²) >= 11 is 0. The van der Waals surface area contributed by atoms with Crippen LogP contribution in [0.15, 0.2) is 60.8 Å². The molecule has 0 radical (unpaired) electrons. The van der Waals surface area contributed by atoms with E-state index in [0.29, 0.717) is 12.8 Å². The van der Waals surface area contributed by atoms with Gasteiger partial charge in [0.15, 0.2) is 12.4 Å². The number of esters is 2. The van der Waals surface area contributed by atoms with E-state index in [9.17, 15) is 37.9 Å². The van der Waals surface area contributed by atoms with Crippen molar-refractivity contribution < 1.29 is 56.8 Å². The van der Waals surface area contributed by atoms with Crippen molar-refractivity contribution in [1.29, 1.82) is 0 Å². The van der Waals surface area contributed by atoms with Crippen molar-refractivity contribution in [1.82, 2.24) is 0 Å². The molecular formula is C47H80O12S. The third-order valence-electron chi connectivity index (χ3n) is 10.1. The Balaban J connectivity index is 2.48. The lowest BCUT2D eigenvalue weighted by atomic mass is 10.00. The highest BCUT2D eigenvalue weighted by atomic mass is 32.2. The number of carbonyl (C=O) groups is 2. The molecule has 0 saturated carbocycles. The van der Waals surface area contributed by atoms with Crippen molar-refractivity contribution in [2.45, 2.75) is 205 Å². The van der Waals surface area contributed by atoms with Crippen LogP contribution in [0.3, 0.4) is 0 Å². The van der Waals surface area contributed by atoms with Crippen molar-refractivity contribution in [2.75, 3.05) is 19.0 Å². The van der Waals surface area contributed by atoms with E-state index in [0.717, 1.165) is 89.9 Å². The molecule has 13 heteroatoms. The number of hydrogen-bond acceptors (Lipinski definition) is 11. The minimum Gasteiger partial charge on any atom is -0.462 e. The smallest absolute Gasteiger partial charge is 0.306 e. The number of unbranched alkanes of at least 4 members (excludes halogenated alkanes) is 15. The standard InChI is InChI=1S/C47H80O12S/c1-3-5-7-9-11-13-15-17-19-20-22-24-26-28-30-32-34-36-43(49)58-40(38-57-47-46(52)45(51)44(50)41(59-47)39-60(53,54)55)37-56-42(48)35-33-31-29-27-25-23-21-18-16-14-12-10-8-6-4-2/h5,7,11,13,17-19,21-22,24,40-41,44-47,50-52H,3-4,6,8-10,12,14-16,20,23,25-39H2,1-2H3,(H,53,54,55)/b7-5-,13-11-,19-17-,21-18-,24-22-. The van der Waals surface area contributed by atoms with Crippen LogP contribution in [0.4, 0.5) is 0 Å². The van der Waals surface area contributed by atoms with Gasteiger partial charge in [0.05, 0.1) is 6.61 Å². The fraction of sp³-hybridized carbons (Fsp3) is 0.745. The van der Waals surface area contributed by atoms with Crippen LogP contribution in [0.1, 0.15) is 168 Å². The molecule has 1 aliphatic heterocycles. The Morgan fingerprint density at radius 1 is 0.583 bits per heavy atom. The van der Waals surface area contributed by atoms with Gasteiger partial charge in [-0.05, 0) is 77.0 Å². The van der Waals surface area contributed by atoms with Crippen LogP contribution in [0.2, 0.25) is 0 Å². The molecule has 346 valence electrons. The third-order valence-corrected chi connectivity index (χ3v) is 10.8. The second-order valence-corrected chi connectivity index (χ2v) is 17.2. The van der Waals surface area contributed by atoms with Crippen LogP contribution in [-0.2, 0) is 38.7 Å². The maximum absolute atomic E-state index is 12.8. The summed E-state index contributed by atoms with van der Waals surface area (Å²) in [5.74, 6) is -2.03. The van der Waals surface area contributed by atoms with Crippen molar-refractivity contribution in [3.63, 3.8) is 0 Å².